The predicted molar refractivity (Wildman–Crippen MR) is 115 cm³/mol. The van der Waals surface area contributed by atoms with E-state index >= 15 is 0 Å². The van der Waals surface area contributed by atoms with E-state index < -0.39 is 0 Å². The quantitative estimate of drug-likeness (QED) is 0.698. The summed E-state index contributed by atoms with van der Waals surface area (Å²) in [5, 5.41) is 2.96. The maximum absolute atomic E-state index is 12.5. The van der Waals surface area contributed by atoms with Crippen molar-refractivity contribution in [3.63, 3.8) is 0 Å². The van der Waals surface area contributed by atoms with Gasteiger partial charge in [-0.2, -0.15) is 0 Å². The van der Waals surface area contributed by atoms with Crippen molar-refractivity contribution < 1.29 is 4.79 Å². The first-order chi connectivity index (χ1) is 13.7. The summed E-state index contributed by atoms with van der Waals surface area (Å²) in [6, 6.07) is 14.2. The molecule has 1 amide bonds. The van der Waals surface area contributed by atoms with Crippen LogP contribution in [0.3, 0.4) is 0 Å². The molecule has 1 aromatic heterocycles. The topological polar surface area (TPSA) is 74.5 Å². The fourth-order valence-electron chi connectivity index (χ4n) is 3.56. The Morgan fingerprint density at radius 3 is 2.54 bits per heavy atom. The van der Waals surface area contributed by atoms with E-state index in [1.807, 2.05) is 30.3 Å². The predicted octanol–water partition coefficient (Wildman–Crippen LogP) is 2.51. The van der Waals surface area contributed by atoms with Crippen LogP contribution in [0, 0.1) is 0 Å². The molecule has 1 saturated heterocycles. The van der Waals surface area contributed by atoms with Crippen LogP contribution < -0.4 is 16.0 Å². The first-order valence-electron chi connectivity index (χ1n) is 10.2. The van der Waals surface area contributed by atoms with Crippen molar-refractivity contribution in [1.82, 2.24) is 9.88 Å². The van der Waals surface area contributed by atoms with Gasteiger partial charge in [0, 0.05) is 32.7 Å². The van der Waals surface area contributed by atoms with Gasteiger partial charge >= 0.3 is 0 Å². The van der Waals surface area contributed by atoms with Gasteiger partial charge in [-0.05, 0) is 43.4 Å². The Labute approximate surface area is 167 Å². The molecule has 0 radical (unpaired) electrons. The minimum Gasteiger partial charge on any atom is -0.357 e. The molecule has 1 aliphatic heterocycles. The molecule has 3 rings (SSSR count). The number of rotatable bonds is 9. The van der Waals surface area contributed by atoms with Gasteiger partial charge < -0.3 is 16.0 Å². The van der Waals surface area contributed by atoms with E-state index in [1.165, 1.54) is 24.8 Å². The van der Waals surface area contributed by atoms with Crippen molar-refractivity contribution >= 4 is 17.4 Å². The van der Waals surface area contributed by atoms with Crippen LogP contribution in [0.1, 0.15) is 24.8 Å². The van der Waals surface area contributed by atoms with E-state index in [4.69, 9.17) is 5.73 Å². The Bertz CT molecular complexity index is 713. The maximum atomic E-state index is 12.5. The largest absolute Gasteiger partial charge is 0.357 e. The summed E-state index contributed by atoms with van der Waals surface area (Å²) in [5.74, 6) is 0.958. The lowest BCUT2D eigenvalue weighted by molar-refractivity contribution is -0.117. The molecule has 3 N–H and O–H groups in total. The first-order valence-corrected chi connectivity index (χ1v) is 10.2. The van der Waals surface area contributed by atoms with E-state index in [1.54, 1.807) is 6.20 Å². The number of nitrogens with one attached hydrogen (secondary N) is 1. The van der Waals surface area contributed by atoms with Crippen LogP contribution >= 0.6 is 0 Å². The number of carbonyl (C=O) groups is 1. The summed E-state index contributed by atoms with van der Waals surface area (Å²) in [4.78, 5) is 21.4. The van der Waals surface area contributed by atoms with Crippen molar-refractivity contribution in [2.45, 2.75) is 25.7 Å². The monoisotopic (exact) mass is 381 g/mol. The number of amides is 1. The van der Waals surface area contributed by atoms with Gasteiger partial charge in [0.15, 0.2) is 0 Å². The van der Waals surface area contributed by atoms with Crippen molar-refractivity contribution in [2.24, 2.45) is 5.73 Å². The Kier molecular flexibility index (Phi) is 7.82. The molecule has 0 spiro atoms. The summed E-state index contributed by atoms with van der Waals surface area (Å²) in [7, 11) is 0. The molecule has 6 heteroatoms. The highest BCUT2D eigenvalue weighted by Gasteiger charge is 2.13. The second-order valence-electron chi connectivity index (χ2n) is 7.30. The minimum atomic E-state index is -0.0333. The molecule has 2 aromatic rings. The fraction of sp³-hybridized carbons (Fsp3) is 0.455. The van der Waals surface area contributed by atoms with Gasteiger partial charge in [0.2, 0.25) is 5.91 Å². The molecular formula is C22H31N5O. The number of benzene rings is 1. The van der Waals surface area contributed by atoms with E-state index in [-0.39, 0.29) is 5.91 Å². The van der Waals surface area contributed by atoms with Crippen molar-refractivity contribution in [3.05, 3.63) is 54.2 Å². The SMILES string of the molecule is NCCN(CCc1ccccc1)CC(=O)Nc1ccc(N2CCCCC2)nc1. The zero-order chi connectivity index (χ0) is 19.6. The third-order valence-electron chi connectivity index (χ3n) is 5.08. The van der Waals surface area contributed by atoms with Gasteiger partial charge in [0.25, 0.3) is 0 Å². The summed E-state index contributed by atoms with van der Waals surface area (Å²) in [5.41, 5.74) is 7.73. The Balaban J connectivity index is 1.49. The highest BCUT2D eigenvalue weighted by atomic mass is 16.2. The van der Waals surface area contributed by atoms with Crippen LogP contribution in [0.25, 0.3) is 0 Å². The zero-order valence-corrected chi connectivity index (χ0v) is 16.5. The summed E-state index contributed by atoms with van der Waals surface area (Å²) in [6.45, 7) is 4.50. The van der Waals surface area contributed by atoms with Crippen LogP contribution in [0.2, 0.25) is 0 Å². The van der Waals surface area contributed by atoms with E-state index in [0.717, 1.165) is 37.6 Å². The van der Waals surface area contributed by atoms with Gasteiger partial charge in [0.1, 0.15) is 5.82 Å². The van der Waals surface area contributed by atoms with Crippen LogP contribution in [0.5, 0.6) is 0 Å². The number of anilines is 2. The number of hydrogen-bond donors (Lipinski definition) is 2. The third-order valence-corrected chi connectivity index (χ3v) is 5.08. The Morgan fingerprint density at radius 2 is 1.86 bits per heavy atom. The number of nitrogens with zero attached hydrogens (tertiary/aromatic N) is 3. The molecule has 0 bridgehead atoms. The molecule has 1 fully saturated rings. The van der Waals surface area contributed by atoms with Crippen LogP contribution in [0.4, 0.5) is 11.5 Å². The van der Waals surface area contributed by atoms with Crippen LogP contribution in [-0.4, -0.2) is 55.1 Å². The molecule has 28 heavy (non-hydrogen) atoms. The Morgan fingerprint density at radius 1 is 1.07 bits per heavy atom. The van der Waals surface area contributed by atoms with Crippen molar-refractivity contribution in [2.75, 3.05) is 49.5 Å². The smallest absolute Gasteiger partial charge is 0.238 e. The average Bonchev–Trinajstić information content (AvgIpc) is 2.74. The van der Waals surface area contributed by atoms with Crippen LogP contribution in [0.15, 0.2) is 48.7 Å². The van der Waals surface area contributed by atoms with Gasteiger partial charge in [-0.3, -0.25) is 9.69 Å². The summed E-state index contributed by atoms with van der Waals surface area (Å²) < 4.78 is 0. The lowest BCUT2D eigenvalue weighted by atomic mass is 10.1. The van der Waals surface area contributed by atoms with E-state index in [9.17, 15) is 4.79 Å². The van der Waals surface area contributed by atoms with Gasteiger partial charge in [-0.15, -0.1) is 0 Å². The first kappa shape index (κ1) is 20.3. The van der Waals surface area contributed by atoms with Gasteiger partial charge in [-0.1, -0.05) is 30.3 Å². The minimum absolute atomic E-state index is 0.0333. The summed E-state index contributed by atoms with van der Waals surface area (Å²) >= 11 is 0. The zero-order valence-electron chi connectivity index (χ0n) is 16.5. The Hall–Kier alpha value is -2.44. The molecule has 0 saturated carbocycles. The van der Waals surface area contributed by atoms with E-state index in [2.05, 4.69) is 32.2 Å². The van der Waals surface area contributed by atoms with E-state index in [0.29, 0.717) is 19.6 Å². The molecule has 2 heterocycles. The normalized spacial score (nSPS) is 14.3. The lowest BCUT2D eigenvalue weighted by Crippen LogP contribution is -2.38. The number of piperidine rings is 1. The summed E-state index contributed by atoms with van der Waals surface area (Å²) in [6.07, 6.45) is 6.40. The molecule has 150 valence electrons. The lowest BCUT2D eigenvalue weighted by Gasteiger charge is -2.27. The number of carbonyl (C=O) groups excluding carboxylic acids is 1. The average molecular weight is 382 g/mol. The fourth-order valence-corrected chi connectivity index (χ4v) is 3.56. The number of nitrogens with two attached hydrogens (primary N) is 1. The molecule has 0 aliphatic carbocycles. The highest BCUT2D eigenvalue weighted by Crippen LogP contribution is 2.18. The molecule has 0 unspecified atom stereocenters. The van der Waals surface area contributed by atoms with Crippen molar-refractivity contribution in [3.8, 4) is 0 Å². The van der Waals surface area contributed by atoms with Crippen LogP contribution in [-0.2, 0) is 11.2 Å². The molecule has 1 aliphatic rings. The molecule has 6 nitrogen and oxygen atoms in total. The van der Waals surface area contributed by atoms with Crippen molar-refractivity contribution in [1.29, 1.82) is 0 Å². The van der Waals surface area contributed by atoms with Gasteiger partial charge in [0.05, 0.1) is 18.4 Å². The maximum Gasteiger partial charge on any atom is 0.238 e. The second-order valence-corrected chi connectivity index (χ2v) is 7.30. The number of hydrogen-bond acceptors (Lipinski definition) is 5. The third kappa shape index (κ3) is 6.32. The standard InChI is InChI=1S/C22H31N5O/c23-12-16-26(15-11-19-7-3-1-4-8-19)18-22(28)25-20-9-10-21(24-17-20)27-13-5-2-6-14-27/h1,3-4,7-10,17H,2,5-6,11-16,18,23H2,(H,25,28). The number of pyridine rings is 1. The second kappa shape index (κ2) is 10.8. The number of aromatic nitrogens is 1. The molecule has 0 atom stereocenters. The molecule has 1 aromatic carbocycles. The highest BCUT2D eigenvalue weighted by molar-refractivity contribution is 5.92. The molecular weight excluding hydrogens is 350 g/mol. The van der Waals surface area contributed by atoms with Gasteiger partial charge in [-0.25, -0.2) is 4.98 Å².